The van der Waals surface area contributed by atoms with Crippen molar-refractivity contribution in [3.05, 3.63) is 59.8 Å². The number of methoxy groups -OCH3 is 1. The molecule has 5 nitrogen and oxygen atoms in total. The molecular weight excluding hydrogens is 348 g/mol. The van der Waals surface area contributed by atoms with Crippen LogP contribution in [-0.2, 0) is 22.9 Å². The van der Waals surface area contributed by atoms with Crippen LogP contribution in [0.25, 0.3) is 10.9 Å². The molecular formula is C20H22N2O3S. The number of hydrogen-bond acceptors (Lipinski definition) is 4. The van der Waals surface area contributed by atoms with Gasteiger partial charge in [0.1, 0.15) is 5.75 Å². The van der Waals surface area contributed by atoms with Crippen LogP contribution in [0.4, 0.5) is 0 Å². The number of nitrogens with zero attached hydrogens (tertiary/aromatic N) is 1. The van der Waals surface area contributed by atoms with Crippen molar-refractivity contribution in [1.29, 1.82) is 0 Å². The standard InChI is InChI=1S/C20H22N2O3S/c1-21-15-7-8-16-17(13-15)19(25-2)9-10-20(16)26(23,24)22-12-11-14-5-3-4-6-18(14)22/h3-6,9-12,15,21H,7-8,13H2,1-2H3/t15-/m0/s1. The zero-order valence-electron chi connectivity index (χ0n) is 14.9. The molecule has 4 rings (SSSR count). The minimum Gasteiger partial charge on any atom is -0.496 e. The minimum atomic E-state index is -3.67. The van der Waals surface area contributed by atoms with Gasteiger partial charge in [0.25, 0.3) is 10.0 Å². The van der Waals surface area contributed by atoms with Gasteiger partial charge in [0, 0.05) is 23.2 Å². The Bertz CT molecular complexity index is 1070. The molecule has 1 N–H and O–H groups in total. The fourth-order valence-corrected chi connectivity index (χ4v) is 5.50. The third kappa shape index (κ3) is 2.61. The maximum Gasteiger partial charge on any atom is 0.268 e. The molecule has 0 saturated carbocycles. The van der Waals surface area contributed by atoms with E-state index in [9.17, 15) is 8.42 Å². The molecule has 0 spiro atoms. The molecule has 1 aliphatic rings. The first-order valence-electron chi connectivity index (χ1n) is 8.74. The maximum atomic E-state index is 13.4. The minimum absolute atomic E-state index is 0.335. The highest BCUT2D eigenvalue weighted by atomic mass is 32.2. The van der Waals surface area contributed by atoms with Gasteiger partial charge in [-0.3, -0.25) is 0 Å². The van der Waals surface area contributed by atoms with E-state index in [0.29, 0.717) is 22.9 Å². The van der Waals surface area contributed by atoms with Gasteiger partial charge in [-0.2, -0.15) is 0 Å². The van der Waals surface area contributed by atoms with Gasteiger partial charge in [0.05, 0.1) is 17.5 Å². The van der Waals surface area contributed by atoms with Crippen LogP contribution < -0.4 is 10.1 Å². The van der Waals surface area contributed by atoms with Crippen molar-refractivity contribution >= 4 is 20.9 Å². The van der Waals surface area contributed by atoms with Gasteiger partial charge < -0.3 is 10.1 Å². The van der Waals surface area contributed by atoms with Gasteiger partial charge in [-0.25, -0.2) is 12.4 Å². The fraction of sp³-hybridized carbons (Fsp3) is 0.300. The zero-order chi connectivity index (χ0) is 18.3. The van der Waals surface area contributed by atoms with E-state index in [1.165, 1.54) is 3.97 Å². The van der Waals surface area contributed by atoms with Gasteiger partial charge in [0.2, 0.25) is 0 Å². The summed E-state index contributed by atoms with van der Waals surface area (Å²) in [5, 5.41) is 4.21. The topological polar surface area (TPSA) is 60.3 Å². The van der Waals surface area contributed by atoms with Crippen LogP contribution in [0.2, 0.25) is 0 Å². The first-order valence-corrected chi connectivity index (χ1v) is 10.2. The van der Waals surface area contributed by atoms with Gasteiger partial charge in [-0.1, -0.05) is 18.2 Å². The second-order valence-electron chi connectivity index (χ2n) is 6.63. The maximum absolute atomic E-state index is 13.4. The number of aromatic nitrogens is 1. The number of fused-ring (bicyclic) bond motifs is 2. The Morgan fingerprint density at radius 2 is 1.92 bits per heavy atom. The predicted octanol–water partition coefficient (Wildman–Crippen LogP) is 2.96. The van der Waals surface area contributed by atoms with Crippen LogP contribution in [0, 0.1) is 0 Å². The first-order chi connectivity index (χ1) is 12.6. The SMILES string of the molecule is CN[C@H]1CCc2c(S(=O)(=O)n3ccc4ccccc43)ccc(OC)c2C1. The molecule has 1 atom stereocenters. The number of rotatable bonds is 4. The van der Waals surface area contributed by atoms with Crippen LogP contribution in [-0.4, -0.2) is 32.6 Å². The number of ether oxygens (including phenoxy) is 1. The quantitative estimate of drug-likeness (QED) is 0.767. The average Bonchev–Trinajstić information content (AvgIpc) is 3.11. The fourth-order valence-electron chi connectivity index (χ4n) is 3.87. The van der Waals surface area contributed by atoms with Gasteiger partial charge in [-0.15, -0.1) is 0 Å². The van der Waals surface area contributed by atoms with Crippen molar-refractivity contribution in [3.63, 3.8) is 0 Å². The van der Waals surface area contributed by atoms with Crippen molar-refractivity contribution in [2.24, 2.45) is 0 Å². The Kier molecular flexibility index (Phi) is 4.25. The molecule has 0 saturated heterocycles. The van der Waals surface area contributed by atoms with E-state index in [1.807, 2.05) is 37.4 Å². The summed E-state index contributed by atoms with van der Waals surface area (Å²) < 4.78 is 33.8. The summed E-state index contributed by atoms with van der Waals surface area (Å²) in [5.74, 6) is 0.760. The van der Waals surface area contributed by atoms with Crippen molar-refractivity contribution < 1.29 is 13.2 Å². The number of para-hydroxylation sites is 1. The molecule has 0 unspecified atom stereocenters. The lowest BCUT2D eigenvalue weighted by Gasteiger charge is -2.27. The Hall–Kier alpha value is -2.31. The molecule has 0 aliphatic heterocycles. The Balaban J connectivity index is 1.90. The summed E-state index contributed by atoms with van der Waals surface area (Å²) in [7, 11) is -0.102. The highest BCUT2D eigenvalue weighted by molar-refractivity contribution is 7.90. The molecule has 0 amide bonds. The van der Waals surface area contributed by atoms with E-state index in [1.54, 1.807) is 25.4 Å². The molecule has 136 valence electrons. The number of nitrogens with one attached hydrogen (secondary N) is 1. The summed E-state index contributed by atoms with van der Waals surface area (Å²) in [6.07, 6.45) is 4.03. The van der Waals surface area contributed by atoms with Crippen LogP contribution in [0.5, 0.6) is 5.75 Å². The van der Waals surface area contributed by atoms with Crippen LogP contribution in [0.3, 0.4) is 0 Å². The van der Waals surface area contributed by atoms with Crippen molar-refractivity contribution in [3.8, 4) is 5.75 Å². The second-order valence-corrected chi connectivity index (χ2v) is 8.41. The van der Waals surface area contributed by atoms with E-state index >= 15 is 0 Å². The molecule has 1 heterocycles. The number of benzene rings is 2. The first kappa shape index (κ1) is 17.1. The van der Waals surface area contributed by atoms with E-state index < -0.39 is 10.0 Å². The summed E-state index contributed by atoms with van der Waals surface area (Å²) in [5.41, 5.74) is 2.57. The Morgan fingerprint density at radius 1 is 1.12 bits per heavy atom. The summed E-state index contributed by atoms with van der Waals surface area (Å²) in [4.78, 5) is 0.379. The molecule has 1 aliphatic carbocycles. The van der Waals surface area contributed by atoms with Gasteiger partial charge >= 0.3 is 0 Å². The summed E-state index contributed by atoms with van der Waals surface area (Å²) in [6.45, 7) is 0. The molecule has 6 heteroatoms. The molecule has 1 aromatic heterocycles. The molecule has 0 bridgehead atoms. The Labute approximate surface area is 153 Å². The van der Waals surface area contributed by atoms with E-state index in [2.05, 4.69) is 5.32 Å². The van der Waals surface area contributed by atoms with Crippen molar-refractivity contribution in [1.82, 2.24) is 9.29 Å². The third-order valence-electron chi connectivity index (χ3n) is 5.27. The lowest BCUT2D eigenvalue weighted by molar-refractivity contribution is 0.397. The molecule has 0 fully saturated rings. The average molecular weight is 370 g/mol. The van der Waals surface area contributed by atoms with E-state index in [-0.39, 0.29) is 0 Å². The highest BCUT2D eigenvalue weighted by Crippen LogP contribution is 2.35. The summed E-state index contributed by atoms with van der Waals surface area (Å²) in [6, 6.07) is 13.1. The molecule has 26 heavy (non-hydrogen) atoms. The highest BCUT2D eigenvalue weighted by Gasteiger charge is 2.29. The van der Waals surface area contributed by atoms with Crippen LogP contribution >= 0.6 is 0 Å². The lowest BCUT2D eigenvalue weighted by Crippen LogP contribution is -2.32. The van der Waals surface area contributed by atoms with Crippen molar-refractivity contribution in [2.45, 2.75) is 30.2 Å². The smallest absolute Gasteiger partial charge is 0.268 e. The van der Waals surface area contributed by atoms with Gasteiger partial charge in [-0.05, 0) is 56.1 Å². The number of likely N-dealkylation sites (N-methyl/N-ethyl adjacent to an activating group) is 1. The molecule has 0 radical (unpaired) electrons. The zero-order valence-corrected chi connectivity index (χ0v) is 15.7. The van der Waals surface area contributed by atoms with E-state index in [4.69, 9.17) is 4.74 Å². The largest absolute Gasteiger partial charge is 0.496 e. The molecule has 3 aromatic rings. The third-order valence-corrected chi connectivity index (χ3v) is 7.04. The molecule has 2 aromatic carbocycles. The van der Waals surface area contributed by atoms with Crippen LogP contribution in [0.15, 0.2) is 53.6 Å². The number of hydrogen-bond donors (Lipinski definition) is 1. The van der Waals surface area contributed by atoms with E-state index in [0.717, 1.165) is 35.1 Å². The second kappa shape index (κ2) is 6.45. The van der Waals surface area contributed by atoms with Crippen LogP contribution in [0.1, 0.15) is 17.5 Å². The Morgan fingerprint density at radius 3 is 2.69 bits per heavy atom. The van der Waals surface area contributed by atoms with Crippen molar-refractivity contribution in [2.75, 3.05) is 14.2 Å². The summed E-state index contributed by atoms with van der Waals surface area (Å²) >= 11 is 0. The monoisotopic (exact) mass is 370 g/mol. The van der Waals surface area contributed by atoms with Gasteiger partial charge in [0.15, 0.2) is 0 Å². The predicted molar refractivity (Wildman–Crippen MR) is 102 cm³/mol. The lowest BCUT2D eigenvalue weighted by atomic mass is 9.87. The normalized spacial score (nSPS) is 17.2.